The van der Waals surface area contributed by atoms with Gasteiger partial charge in [0, 0.05) is 32.6 Å². The van der Waals surface area contributed by atoms with Crippen molar-refractivity contribution in [2.24, 2.45) is 7.05 Å². The Bertz CT molecular complexity index is 963. The average Bonchev–Trinajstić information content (AvgIpc) is 3.09. The van der Waals surface area contributed by atoms with Gasteiger partial charge in [-0.05, 0) is 26.0 Å². The van der Waals surface area contributed by atoms with E-state index in [2.05, 4.69) is 35.9 Å². The highest BCUT2D eigenvalue weighted by atomic mass is 16.2. The quantitative estimate of drug-likeness (QED) is 0.793. The SMILES string of the molecule is CC(C)n1c(C(=O)NCC(=O)N(C)C)cc2c1c1ccccc1n2C. The van der Waals surface area contributed by atoms with Gasteiger partial charge in [0.1, 0.15) is 5.69 Å². The van der Waals surface area contributed by atoms with Crippen LogP contribution in [0.1, 0.15) is 30.4 Å². The van der Waals surface area contributed by atoms with Gasteiger partial charge in [-0.1, -0.05) is 18.2 Å². The second kappa shape index (κ2) is 6.27. The minimum absolute atomic E-state index is 0.00774. The van der Waals surface area contributed by atoms with Crippen LogP contribution in [-0.4, -0.2) is 46.5 Å². The molecule has 2 amide bonds. The minimum Gasteiger partial charge on any atom is -0.347 e. The van der Waals surface area contributed by atoms with Crippen molar-refractivity contribution in [1.82, 2.24) is 19.4 Å². The van der Waals surface area contributed by atoms with E-state index in [-0.39, 0.29) is 24.4 Å². The van der Waals surface area contributed by atoms with Crippen molar-refractivity contribution in [3.8, 4) is 0 Å². The fourth-order valence-electron chi connectivity index (χ4n) is 3.25. The third-order valence-corrected chi connectivity index (χ3v) is 4.55. The highest BCUT2D eigenvalue weighted by Gasteiger charge is 2.22. The summed E-state index contributed by atoms with van der Waals surface area (Å²) in [6.07, 6.45) is 0. The molecule has 2 aromatic heterocycles. The molecule has 0 atom stereocenters. The zero-order valence-corrected chi connectivity index (χ0v) is 15.3. The lowest BCUT2D eigenvalue weighted by atomic mass is 10.2. The van der Waals surface area contributed by atoms with Gasteiger partial charge in [0.25, 0.3) is 5.91 Å². The zero-order valence-electron chi connectivity index (χ0n) is 15.3. The molecule has 0 aliphatic heterocycles. The first-order valence-corrected chi connectivity index (χ1v) is 8.39. The van der Waals surface area contributed by atoms with Crippen molar-refractivity contribution in [3.63, 3.8) is 0 Å². The smallest absolute Gasteiger partial charge is 0.268 e. The van der Waals surface area contributed by atoms with E-state index in [0.29, 0.717) is 5.69 Å². The van der Waals surface area contributed by atoms with Crippen LogP contribution < -0.4 is 5.32 Å². The largest absolute Gasteiger partial charge is 0.347 e. The van der Waals surface area contributed by atoms with Crippen LogP contribution in [0.2, 0.25) is 0 Å². The summed E-state index contributed by atoms with van der Waals surface area (Å²) in [7, 11) is 5.35. The Kier molecular flexibility index (Phi) is 4.29. The molecule has 132 valence electrons. The Hall–Kier alpha value is -2.76. The fraction of sp³-hybridized carbons (Fsp3) is 0.368. The Labute approximate surface area is 147 Å². The molecule has 2 heterocycles. The van der Waals surface area contributed by atoms with Gasteiger partial charge in [0.15, 0.2) is 0 Å². The average molecular weight is 340 g/mol. The topological polar surface area (TPSA) is 59.3 Å². The van der Waals surface area contributed by atoms with Gasteiger partial charge >= 0.3 is 0 Å². The number of rotatable bonds is 4. The van der Waals surface area contributed by atoms with E-state index in [0.717, 1.165) is 21.9 Å². The van der Waals surface area contributed by atoms with Gasteiger partial charge in [-0.25, -0.2) is 0 Å². The predicted molar refractivity (Wildman–Crippen MR) is 99.8 cm³/mol. The van der Waals surface area contributed by atoms with Crippen molar-refractivity contribution < 1.29 is 9.59 Å². The predicted octanol–water partition coefficient (Wildman–Crippen LogP) is 2.53. The lowest BCUT2D eigenvalue weighted by molar-refractivity contribution is -0.127. The van der Waals surface area contributed by atoms with Crippen LogP contribution in [0.3, 0.4) is 0 Å². The summed E-state index contributed by atoms with van der Waals surface area (Å²) in [5.41, 5.74) is 3.78. The maximum Gasteiger partial charge on any atom is 0.268 e. The molecule has 6 heteroatoms. The summed E-state index contributed by atoms with van der Waals surface area (Å²) in [4.78, 5) is 25.9. The van der Waals surface area contributed by atoms with Crippen LogP contribution in [0.15, 0.2) is 30.3 Å². The Morgan fingerprint density at radius 3 is 2.48 bits per heavy atom. The summed E-state index contributed by atoms with van der Waals surface area (Å²) in [6, 6.07) is 10.2. The van der Waals surface area contributed by atoms with Gasteiger partial charge < -0.3 is 19.4 Å². The molecule has 0 bridgehead atoms. The Morgan fingerprint density at radius 2 is 1.84 bits per heavy atom. The van der Waals surface area contributed by atoms with E-state index in [1.165, 1.54) is 4.90 Å². The van der Waals surface area contributed by atoms with E-state index < -0.39 is 0 Å². The van der Waals surface area contributed by atoms with Crippen LogP contribution in [0.4, 0.5) is 0 Å². The number of carbonyl (C=O) groups excluding carboxylic acids is 2. The third kappa shape index (κ3) is 2.77. The zero-order chi connectivity index (χ0) is 18.3. The molecule has 0 saturated heterocycles. The third-order valence-electron chi connectivity index (χ3n) is 4.55. The van der Waals surface area contributed by atoms with Crippen LogP contribution >= 0.6 is 0 Å². The number of amides is 2. The number of carbonyl (C=O) groups is 2. The molecule has 25 heavy (non-hydrogen) atoms. The van der Waals surface area contributed by atoms with Gasteiger partial charge in [0.2, 0.25) is 5.91 Å². The first-order valence-electron chi connectivity index (χ1n) is 8.39. The van der Waals surface area contributed by atoms with Crippen LogP contribution in [-0.2, 0) is 11.8 Å². The van der Waals surface area contributed by atoms with E-state index in [1.54, 1.807) is 14.1 Å². The van der Waals surface area contributed by atoms with Gasteiger partial charge in [-0.3, -0.25) is 9.59 Å². The van der Waals surface area contributed by atoms with E-state index in [9.17, 15) is 9.59 Å². The Morgan fingerprint density at radius 1 is 1.16 bits per heavy atom. The first kappa shape index (κ1) is 17.1. The lowest BCUT2D eigenvalue weighted by Gasteiger charge is -2.15. The van der Waals surface area contributed by atoms with E-state index >= 15 is 0 Å². The molecule has 1 N–H and O–H groups in total. The van der Waals surface area contributed by atoms with Crippen molar-refractivity contribution in [2.45, 2.75) is 19.9 Å². The second-order valence-corrected chi connectivity index (χ2v) is 6.77. The summed E-state index contributed by atoms with van der Waals surface area (Å²) < 4.78 is 4.15. The maximum absolute atomic E-state index is 12.7. The number of para-hydroxylation sites is 1. The lowest BCUT2D eigenvalue weighted by Crippen LogP contribution is -2.37. The van der Waals surface area contributed by atoms with Gasteiger partial charge in [0.05, 0.1) is 23.1 Å². The number of aryl methyl sites for hydroxylation is 1. The molecule has 0 radical (unpaired) electrons. The van der Waals surface area contributed by atoms with Crippen LogP contribution in [0, 0.1) is 0 Å². The summed E-state index contributed by atoms with van der Waals surface area (Å²) >= 11 is 0. The summed E-state index contributed by atoms with van der Waals surface area (Å²) in [5, 5.41) is 3.86. The number of likely N-dealkylation sites (N-methyl/N-ethyl adjacent to an activating group) is 1. The molecule has 0 unspecified atom stereocenters. The van der Waals surface area contributed by atoms with Gasteiger partial charge in [-0.15, -0.1) is 0 Å². The maximum atomic E-state index is 12.7. The number of nitrogens with zero attached hydrogens (tertiary/aromatic N) is 3. The molecular weight excluding hydrogens is 316 g/mol. The monoisotopic (exact) mass is 340 g/mol. The van der Waals surface area contributed by atoms with Crippen molar-refractivity contribution in [2.75, 3.05) is 20.6 Å². The fourth-order valence-corrected chi connectivity index (χ4v) is 3.25. The molecule has 0 aliphatic carbocycles. The molecule has 0 spiro atoms. The molecule has 0 fully saturated rings. The van der Waals surface area contributed by atoms with Crippen molar-refractivity contribution in [1.29, 1.82) is 0 Å². The van der Waals surface area contributed by atoms with Crippen LogP contribution in [0.25, 0.3) is 21.9 Å². The summed E-state index contributed by atoms with van der Waals surface area (Å²) in [5.74, 6) is -0.366. The standard InChI is InChI=1S/C19H24N4O2/c1-12(2)23-16(19(25)20-11-17(24)21(3)4)10-15-18(23)13-8-6-7-9-14(13)22(15)5/h6-10,12H,11H2,1-5H3,(H,20,25). The number of hydrogen-bond acceptors (Lipinski definition) is 2. The molecule has 0 saturated carbocycles. The van der Waals surface area contributed by atoms with E-state index in [1.807, 2.05) is 29.8 Å². The molecule has 0 aliphatic rings. The first-order chi connectivity index (χ1) is 11.8. The normalized spacial score (nSPS) is 11.4. The highest BCUT2D eigenvalue weighted by Crippen LogP contribution is 2.33. The number of hydrogen-bond donors (Lipinski definition) is 1. The second-order valence-electron chi connectivity index (χ2n) is 6.77. The molecule has 3 aromatic rings. The molecular formula is C19H24N4O2. The molecule has 6 nitrogen and oxygen atoms in total. The Balaban J connectivity index is 2.10. The number of fused-ring (bicyclic) bond motifs is 3. The van der Waals surface area contributed by atoms with Crippen molar-refractivity contribution in [3.05, 3.63) is 36.0 Å². The molecule has 1 aromatic carbocycles. The van der Waals surface area contributed by atoms with E-state index in [4.69, 9.17) is 0 Å². The number of benzene rings is 1. The number of nitrogens with one attached hydrogen (secondary N) is 1. The number of aromatic nitrogens is 2. The van der Waals surface area contributed by atoms with Crippen molar-refractivity contribution >= 4 is 33.8 Å². The minimum atomic E-state index is -0.232. The highest BCUT2D eigenvalue weighted by molar-refractivity contribution is 6.10. The van der Waals surface area contributed by atoms with Gasteiger partial charge in [-0.2, -0.15) is 0 Å². The summed E-state index contributed by atoms with van der Waals surface area (Å²) in [6.45, 7) is 4.11. The molecule has 3 rings (SSSR count). The van der Waals surface area contributed by atoms with Crippen LogP contribution in [0.5, 0.6) is 0 Å².